The first-order valence-electron chi connectivity index (χ1n) is 8.99. The van der Waals surface area contributed by atoms with Crippen LogP contribution in [0.25, 0.3) is 0 Å². The van der Waals surface area contributed by atoms with Gasteiger partial charge in [-0.1, -0.05) is 42.8 Å². The van der Waals surface area contributed by atoms with Crippen molar-refractivity contribution in [2.75, 3.05) is 0 Å². The van der Waals surface area contributed by atoms with Crippen LogP contribution in [-0.2, 0) is 6.54 Å². The Hall–Kier alpha value is -2.88. The summed E-state index contributed by atoms with van der Waals surface area (Å²) in [7, 11) is 0. The van der Waals surface area contributed by atoms with E-state index in [0.29, 0.717) is 5.56 Å². The second-order valence-corrected chi connectivity index (χ2v) is 6.73. The van der Waals surface area contributed by atoms with E-state index in [1.54, 1.807) is 12.5 Å². The van der Waals surface area contributed by atoms with Crippen molar-refractivity contribution in [1.29, 1.82) is 0 Å². The average Bonchev–Trinajstić information content (AvgIpc) is 3.13. The van der Waals surface area contributed by atoms with E-state index in [0.717, 1.165) is 18.5 Å². The number of benzene rings is 2. The highest BCUT2D eigenvalue weighted by molar-refractivity contribution is 5.94. The molecule has 0 spiro atoms. The fraction of sp³-hybridized carbons (Fsp3) is 0.273. The zero-order valence-corrected chi connectivity index (χ0v) is 15.6. The molecule has 26 heavy (non-hydrogen) atoms. The summed E-state index contributed by atoms with van der Waals surface area (Å²) in [5.41, 5.74) is 5.46. The molecule has 1 N–H and O–H groups in total. The van der Waals surface area contributed by atoms with Crippen LogP contribution in [0.2, 0.25) is 0 Å². The van der Waals surface area contributed by atoms with E-state index in [1.807, 2.05) is 35.0 Å². The molecule has 4 nitrogen and oxygen atoms in total. The molecule has 0 radical (unpaired) electrons. The number of amides is 1. The molecule has 3 aromatic rings. The van der Waals surface area contributed by atoms with Gasteiger partial charge in [-0.3, -0.25) is 4.79 Å². The van der Waals surface area contributed by atoms with Crippen LogP contribution >= 0.6 is 0 Å². The predicted octanol–water partition coefficient (Wildman–Crippen LogP) is 4.43. The SMILES string of the molecule is CC[C@@H](NC(=O)c1ccc(Cn2ccnc2)cc1)c1ccc(C)cc1C. The monoisotopic (exact) mass is 347 g/mol. The fourth-order valence-electron chi connectivity index (χ4n) is 3.21. The van der Waals surface area contributed by atoms with Gasteiger partial charge in [-0.25, -0.2) is 4.98 Å². The summed E-state index contributed by atoms with van der Waals surface area (Å²) in [5, 5.41) is 3.17. The van der Waals surface area contributed by atoms with Crippen molar-refractivity contribution >= 4 is 5.91 Å². The summed E-state index contributed by atoms with van der Waals surface area (Å²) in [5.74, 6) is -0.0361. The Bertz CT molecular complexity index is 867. The quantitative estimate of drug-likeness (QED) is 0.717. The summed E-state index contributed by atoms with van der Waals surface area (Å²) < 4.78 is 2.00. The molecule has 0 aliphatic carbocycles. The van der Waals surface area contributed by atoms with Crippen molar-refractivity contribution in [1.82, 2.24) is 14.9 Å². The molecular formula is C22H25N3O. The molecule has 1 atom stereocenters. The smallest absolute Gasteiger partial charge is 0.251 e. The van der Waals surface area contributed by atoms with Crippen molar-refractivity contribution in [2.45, 2.75) is 39.8 Å². The van der Waals surface area contributed by atoms with Crippen molar-refractivity contribution in [3.05, 3.63) is 89.0 Å². The normalized spacial score (nSPS) is 12.0. The number of nitrogens with zero attached hydrogens (tertiary/aromatic N) is 2. The molecule has 0 aliphatic heterocycles. The van der Waals surface area contributed by atoms with E-state index < -0.39 is 0 Å². The Kier molecular flexibility index (Phi) is 5.52. The van der Waals surface area contributed by atoms with Crippen molar-refractivity contribution in [3.63, 3.8) is 0 Å². The van der Waals surface area contributed by atoms with Gasteiger partial charge in [0.25, 0.3) is 5.91 Å². The number of nitrogens with one attached hydrogen (secondary N) is 1. The number of aromatic nitrogens is 2. The molecule has 4 heteroatoms. The van der Waals surface area contributed by atoms with Gasteiger partial charge in [-0.05, 0) is 49.1 Å². The maximum atomic E-state index is 12.7. The highest BCUT2D eigenvalue weighted by Crippen LogP contribution is 2.22. The zero-order chi connectivity index (χ0) is 18.5. The molecule has 0 unspecified atom stereocenters. The van der Waals surface area contributed by atoms with Gasteiger partial charge in [0.05, 0.1) is 12.4 Å². The van der Waals surface area contributed by atoms with Crippen LogP contribution in [0.5, 0.6) is 0 Å². The molecule has 0 saturated heterocycles. The van der Waals surface area contributed by atoms with Gasteiger partial charge >= 0.3 is 0 Å². The largest absolute Gasteiger partial charge is 0.345 e. The molecule has 134 valence electrons. The molecule has 0 bridgehead atoms. The van der Waals surface area contributed by atoms with Crippen LogP contribution in [0.15, 0.2) is 61.2 Å². The molecule has 0 saturated carbocycles. The third kappa shape index (κ3) is 4.20. The van der Waals surface area contributed by atoms with Gasteiger partial charge in [0, 0.05) is 24.5 Å². The molecule has 2 aromatic carbocycles. The number of aryl methyl sites for hydroxylation is 2. The molecule has 0 aliphatic rings. The molecular weight excluding hydrogens is 322 g/mol. The van der Waals surface area contributed by atoms with E-state index in [1.165, 1.54) is 16.7 Å². The number of hydrogen-bond donors (Lipinski definition) is 1. The lowest BCUT2D eigenvalue weighted by Gasteiger charge is -2.20. The second kappa shape index (κ2) is 8.00. The van der Waals surface area contributed by atoms with Gasteiger partial charge < -0.3 is 9.88 Å². The minimum atomic E-state index is -0.0361. The lowest BCUT2D eigenvalue weighted by atomic mass is 9.97. The van der Waals surface area contributed by atoms with Crippen molar-refractivity contribution in [3.8, 4) is 0 Å². The molecule has 1 aromatic heterocycles. The maximum Gasteiger partial charge on any atom is 0.251 e. The zero-order valence-electron chi connectivity index (χ0n) is 15.6. The summed E-state index contributed by atoms with van der Waals surface area (Å²) in [4.78, 5) is 16.7. The molecule has 3 rings (SSSR count). The Morgan fingerprint density at radius 3 is 2.54 bits per heavy atom. The van der Waals surface area contributed by atoms with Gasteiger partial charge in [-0.15, -0.1) is 0 Å². The number of carbonyl (C=O) groups excluding carboxylic acids is 1. The van der Waals surface area contributed by atoms with E-state index in [9.17, 15) is 4.79 Å². The summed E-state index contributed by atoms with van der Waals surface area (Å²) in [6.07, 6.45) is 6.33. The van der Waals surface area contributed by atoms with E-state index in [2.05, 4.69) is 49.3 Å². The predicted molar refractivity (Wildman–Crippen MR) is 104 cm³/mol. The number of carbonyl (C=O) groups is 1. The van der Waals surface area contributed by atoms with Crippen LogP contribution in [-0.4, -0.2) is 15.5 Å². The summed E-state index contributed by atoms with van der Waals surface area (Å²) >= 11 is 0. The topological polar surface area (TPSA) is 46.9 Å². The number of imidazole rings is 1. The standard InChI is InChI=1S/C22H25N3O/c1-4-21(20-10-5-16(2)13-17(20)3)24-22(26)19-8-6-18(7-9-19)14-25-12-11-23-15-25/h5-13,15,21H,4,14H2,1-3H3,(H,24,26)/t21-/m1/s1. The summed E-state index contributed by atoms with van der Waals surface area (Å²) in [6, 6.07) is 14.2. The average molecular weight is 347 g/mol. The first kappa shape index (κ1) is 17.9. The van der Waals surface area contributed by atoms with Crippen molar-refractivity contribution in [2.24, 2.45) is 0 Å². The van der Waals surface area contributed by atoms with E-state index >= 15 is 0 Å². The first-order chi connectivity index (χ1) is 12.6. The Labute approximate surface area is 154 Å². The van der Waals surface area contributed by atoms with Gasteiger partial charge in [0.2, 0.25) is 0 Å². The Morgan fingerprint density at radius 2 is 1.92 bits per heavy atom. The summed E-state index contributed by atoms with van der Waals surface area (Å²) in [6.45, 7) is 7.03. The van der Waals surface area contributed by atoms with Crippen LogP contribution in [0, 0.1) is 13.8 Å². The van der Waals surface area contributed by atoms with Crippen LogP contribution < -0.4 is 5.32 Å². The minimum absolute atomic E-state index is 0.0220. The van der Waals surface area contributed by atoms with E-state index in [4.69, 9.17) is 0 Å². The van der Waals surface area contributed by atoms with Crippen LogP contribution in [0.3, 0.4) is 0 Å². The highest BCUT2D eigenvalue weighted by atomic mass is 16.1. The maximum absolute atomic E-state index is 12.7. The third-order valence-electron chi connectivity index (χ3n) is 4.65. The minimum Gasteiger partial charge on any atom is -0.345 e. The Morgan fingerprint density at radius 1 is 1.15 bits per heavy atom. The van der Waals surface area contributed by atoms with Crippen LogP contribution in [0.4, 0.5) is 0 Å². The number of hydrogen-bond acceptors (Lipinski definition) is 2. The number of rotatable bonds is 6. The molecule has 1 heterocycles. The third-order valence-corrected chi connectivity index (χ3v) is 4.65. The van der Waals surface area contributed by atoms with Crippen LogP contribution in [0.1, 0.15) is 52.0 Å². The second-order valence-electron chi connectivity index (χ2n) is 6.73. The molecule has 1 amide bonds. The van der Waals surface area contributed by atoms with E-state index in [-0.39, 0.29) is 11.9 Å². The first-order valence-corrected chi connectivity index (χ1v) is 8.99. The lowest BCUT2D eigenvalue weighted by molar-refractivity contribution is 0.0935. The van der Waals surface area contributed by atoms with Gasteiger partial charge in [0.15, 0.2) is 0 Å². The highest BCUT2D eigenvalue weighted by Gasteiger charge is 2.16. The van der Waals surface area contributed by atoms with Crippen molar-refractivity contribution < 1.29 is 4.79 Å². The molecule has 0 fully saturated rings. The lowest BCUT2D eigenvalue weighted by Crippen LogP contribution is -2.28. The van der Waals surface area contributed by atoms with Gasteiger partial charge in [-0.2, -0.15) is 0 Å². The van der Waals surface area contributed by atoms with Gasteiger partial charge in [0.1, 0.15) is 0 Å². The fourth-order valence-corrected chi connectivity index (χ4v) is 3.21. The Balaban J connectivity index is 1.69.